The second-order valence-electron chi connectivity index (χ2n) is 5.17. The van der Waals surface area contributed by atoms with E-state index in [0.29, 0.717) is 5.88 Å². The lowest BCUT2D eigenvalue weighted by Crippen LogP contribution is -2.39. The molecule has 1 N–H and O–H groups in total. The largest absolute Gasteiger partial charge is 0.306 e. The van der Waals surface area contributed by atoms with Crippen LogP contribution in [0.5, 0.6) is 0 Å². The number of hydrogen-bond acceptors (Lipinski definition) is 2. The van der Waals surface area contributed by atoms with Crippen molar-refractivity contribution in [3.05, 3.63) is 42.1 Å². The van der Waals surface area contributed by atoms with Gasteiger partial charge in [0.15, 0.2) is 0 Å². The van der Waals surface area contributed by atoms with Gasteiger partial charge in [0.2, 0.25) is 0 Å². The summed E-state index contributed by atoms with van der Waals surface area (Å²) in [4.78, 5) is 4.64. The molecule has 2 nitrogen and oxygen atoms in total. The molecule has 0 aliphatic carbocycles. The number of rotatable bonds is 5. The van der Waals surface area contributed by atoms with Crippen LogP contribution in [0.15, 0.2) is 36.4 Å². The van der Waals surface area contributed by atoms with Crippen LogP contribution in [-0.2, 0) is 6.54 Å². The molecule has 0 saturated heterocycles. The summed E-state index contributed by atoms with van der Waals surface area (Å²) in [7, 11) is 0. The van der Waals surface area contributed by atoms with Gasteiger partial charge in [-0.2, -0.15) is 0 Å². The highest BCUT2D eigenvalue weighted by Crippen LogP contribution is 2.14. The van der Waals surface area contributed by atoms with Crippen molar-refractivity contribution in [3.8, 4) is 0 Å². The topological polar surface area (TPSA) is 24.9 Å². The van der Waals surface area contributed by atoms with Crippen molar-refractivity contribution in [2.24, 2.45) is 0 Å². The van der Waals surface area contributed by atoms with Gasteiger partial charge in [0.25, 0.3) is 0 Å². The smallest absolute Gasteiger partial charge is 0.0705 e. The zero-order chi connectivity index (χ0) is 13.0. The highest BCUT2D eigenvalue weighted by Gasteiger charge is 2.15. The van der Waals surface area contributed by atoms with E-state index in [2.05, 4.69) is 42.3 Å². The molecule has 0 amide bonds. The fourth-order valence-electron chi connectivity index (χ4n) is 1.86. The first-order valence-corrected chi connectivity index (χ1v) is 6.80. The second-order valence-corrected chi connectivity index (χ2v) is 5.55. The number of para-hydroxylation sites is 1. The predicted molar refractivity (Wildman–Crippen MR) is 78.0 cm³/mol. The van der Waals surface area contributed by atoms with Crippen molar-refractivity contribution in [1.82, 2.24) is 10.3 Å². The summed E-state index contributed by atoms with van der Waals surface area (Å²) >= 11 is 5.79. The standard InChI is InChI=1S/C15H19ClN2/c1-15(2,9-10-16)17-11-13-8-7-12-5-3-4-6-14(12)18-13/h3-8,17H,9-11H2,1-2H3. The summed E-state index contributed by atoms with van der Waals surface area (Å²) in [5, 5.41) is 4.68. The molecule has 1 aromatic carbocycles. The zero-order valence-electron chi connectivity index (χ0n) is 10.9. The first kappa shape index (κ1) is 13.3. The maximum Gasteiger partial charge on any atom is 0.0705 e. The van der Waals surface area contributed by atoms with Crippen molar-refractivity contribution in [3.63, 3.8) is 0 Å². The van der Waals surface area contributed by atoms with Crippen LogP contribution in [0.3, 0.4) is 0 Å². The normalized spacial score (nSPS) is 11.9. The maximum atomic E-state index is 5.79. The summed E-state index contributed by atoms with van der Waals surface area (Å²) in [5.74, 6) is 0.672. The minimum absolute atomic E-state index is 0.0507. The van der Waals surface area contributed by atoms with Crippen LogP contribution in [-0.4, -0.2) is 16.4 Å². The summed E-state index contributed by atoms with van der Waals surface area (Å²) in [6.07, 6.45) is 0.947. The predicted octanol–water partition coefficient (Wildman–Crippen LogP) is 3.73. The third-order valence-electron chi connectivity index (χ3n) is 3.12. The average molecular weight is 263 g/mol. The summed E-state index contributed by atoms with van der Waals surface area (Å²) in [6, 6.07) is 12.4. The Kier molecular flexibility index (Phi) is 4.20. The molecule has 0 aliphatic heterocycles. The van der Waals surface area contributed by atoms with E-state index in [1.54, 1.807) is 0 Å². The number of halogens is 1. The van der Waals surface area contributed by atoms with Gasteiger partial charge in [0.1, 0.15) is 0 Å². The van der Waals surface area contributed by atoms with Crippen molar-refractivity contribution < 1.29 is 0 Å². The minimum Gasteiger partial charge on any atom is -0.306 e. The van der Waals surface area contributed by atoms with Gasteiger partial charge in [-0.3, -0.25) is 4.98 Å². The lowest BCUT2D eigenvalue weighted by molar-refractivity contribution is 0.374. The lowest BCUT2D eigenvalue weighted by Gasteiger charge is -2.25. The van der Waals surface area contributed by atoms with E-state index in [9.17, 15) is 0 Å². The Morgan fingerprint density at radius 1 is 1.17 bits per heavy atom. The third kappa shape index (κ3) is 3.44. The molecule has 2 aromatic rings. The molecule has 96 valence electrons. The number of fused-ring (bicyclic) bond motifs is 1. The Morgan fingerprint density at radius 2 is 1.94 bits per heavy atom. The molecular formula is C15H19ClN2. The molecule has 0 unspecified atom stereocenters. The summed E-state index contributed by atoms with van der Waals surface area (Å²) < 4.78 is 0. The van der Waals surface area contributed by atoms with Crippen LogP contribution in [0.2, 0.25) is 0 Å². The van der Waals surface area contributed by atoms with Gasteiger partial charge in [-0.15, -0.1) is 11.6 Å². The van der Waals surface area contributed by atoms with Crippen LogP contribution in [0.4, 0.5) is 0 Å². The van der Waals surface area contributed by atoms with Crippen molar-refractivity contribution in [1.29, 1.82) is 0 Å². The molecule has 0 spiro atoms. The quantitative estimate of drug-likeness (QED) is 0.831. The van der Waals surface area contributed by atoms with E-state index < -0.39 is 0 Å². The third-order valence-corrected chi connectivity index (χ3v) is 3.31. The molecule has 2 rings (SSSR count). The first-order valence-electron chi connectivity index (χ1n) is 6.26. The van der Waals surface area contributed by atoms with Crippen molar-refractivity contribution in [2.45, 2.75) is 32.4 Å². The van der Waals surface area contributed by atoms with Gasteiger partial charge < -0.3 is 5.32 Å². The highest BCUT2D eigenvalue weighted by molar-refractivity contribution is 6.17. The number of aromatic nitrogens is 1. The number of nitrogens with one attached hydrogen (secondary N) is 1. The van der Waals surface area contributed by atoms with Crippen LogP contribution in [0.25, 0.3) is 10.9 Å². The Balaban J connectivity index is 2.08. The molecule has 0 radical (unpaired) electrons. The number of alkyl halides is 1. The molecule has 1 aromatic heterocycles. The van der Waals surface area contributed by atoms with Crippen LogP contribution in [0.1, 0.15) is 26.0 Å². The monoisotopic (exact) mass is 262 g/mol. The van der Waals surface area contributed by atoms with Crippen LogP contribution in [0, 0.1) is 0 Å². The van der Waals surface area contributed by atoms with E-state index in [1.165, 1.54) is 5.39 Å². The Hall–Kier alpha value is -1.12. The highest BCUT2D eigenvalue weighted by atomic mass is 35.5. The maximum absolute atomic E-state index is 5.79. The molecule has 1 heterocycles. The van der Waals surface area contributed by atoms with Crippen molar-refractivity contribution in [2.75, 3.05) is 5.88 Å². The molecule has 0 fully saturated rings. The molecule has 0 atom stereocenters. The fraction of sp³-hybridized carbons (Fsp3) is 0.400. The zero-order valence-corrected chi connectivity index (χ0v) is 11.7. The Morgan fingerprint density at radius 3 is 2.72 bits per heavy atom. The van der Waals surface area contributed by atoms with Crippen molar-refractivity contribution >= 4 is 22.5 Å². The van der Waals surface area contributed by atoms with Gasteiger partial charge in [0.05, 0.1) is 11.2 Å². The molecule has 18 heavy (non-hydrogen) atoms. The number of nitrogens with zero attached hydrogens (tertiary/aromatic N) is 1. The Bertz CT molecular complexity index is 523. The first-order chi connectivity index (χ1) is 8.61. The number of benzene rings is 1. The SMILES string of the molecule is CC(C)(CCCl)NCc1ccc2ccccc2n1. The Labute approximate surface area is 113 Å². The second kappa shape index (κ2) is 5.68. The van der Waals surface area contributed by atoms with E-state index in [0.717, 1.165) is 24.2 Å². The van der Waals surface area contributed by atoms with Crippen LogP contribution < -0.4 is 5.32 Å². The minimum atomic E-state index is 0.0507. The van der Waals surface area contributed by atoms with Gasteiger partial charge in [-0.25, -0.2) is 0 Å². The molecule has 0 aliphatic rings. The van der Waals surface area contributed by atoms with Gasteiger partial charge in [-0.05, 0) is 32.4 Å². The lowest BCUT2D eigenvalue weighted by atomic mass is 10.0. The summed E-state index contributed by atoms with van der Waals surface area (Å²) in [6.45, 7) is 5.10. The van der Waals surface area contributed by atoms with Gasteiger partial charge >= 0.3 is 0 Å². The molecule has 0 saturated carbocycles. The number of hydrogen-bond donors (Lipinski definition) is 1. The van der Waals surface area contributed by atoms with E-state index in [1.807, 2.05) is 18.2 Å². The van der Waals surface area contributed by atoms with E-state index in [-0.39, 0.29) is 5.54 Å². The fourth-order valence-corrected chi connectivity index (χ4v) is 2.33. The average Bonchev–Trinajstić information content (AvgIpc) is 2.36. The van der Waals surface area contributed by atoms with Crippen LogP contribution >= 0.6 is 11.6 Å². The van der Waals surface area contributed by atoms with Gasteiger partial charge in [-0.1, -0.05) is 24.3 Å². The van der Waals surface area contributed by atoms with Gasteiger partial charge in [0, 0.05) is 23.3 Å². The molecule has 3 heteroatoms. The van der Waals surface area contributed by atoms with E-state index in [4.69, 9.17) is 11.6 Å². The van der Waals surface area contributed by atoms with E-state index >= 15 is 0 Å². The molecular weight excluding hydrogens is 244 g/mol. The molecule has 0 bridgehead atoms. The summed E-state index contributed by atoms with van der Waals surface area (Å²) in [5.41, 5.74) is 2.16. The number of pyridine rings is 1.